The van der Waals surface area contributed by atoms with Crippen LogP contribution in [0.1, 0.15) is 42.7 Å². The molecule has 9 heteroatoms. The van der Waals surface area contributed by atoms with Crippen LogP contribution < -0.4 is 11.1 Å². The van der Waals surface area contributed by atoms with E-state index in [0.29, 0.717) is 11.6 Å². The molecule has 0 saturated heterocycles. The molecule has 0 saturated carbocycles. The Bertz CT molecular complexity index is 1230. The number of carbonyl (C=O) groups is 1. The number of fused-ring (bicyclic) bond motifs is 1. The molecule has 0 bridgehead atoms. The number of aromatic nitrogens is 5. The lowest BCUT2D eigenvalue weighted by Crippen LogP contribution is -2.34. The molecule has 3 heterocycles. The number of anilines is 1. The number of nitrogens with one attached hydrogen (secondary N) is 1. The van der Waals surface area contributed by atoms with Crippen LogP contribution in [0.4, 0.5) is 10.3 Å². The van der Waals surface area contributed by atoms with Crippen molar-refractivity contribution in [3.8, 4) is 11.1 Å². The van der Waals surface area contributed by atoms with Gasteiger partial charge in [-0.3, -0.25) is 9.48 Å². The number of benzene rings is 1. The fraction of sp³-hybridized carbons (Fsp3) is 0.304. The van der Waals surface area contributed by atoms with Crippen LogP contribution in [0.15, 0.2) is 55.0 Å². The summed E-state index contributed by atoms with van der Waals surface area (Å²) in [5.41, 5.74) is 9.05. The zero-order chi connectivity index (χ0) is 22.8. The Kier molecular flexibility index (Phi) is 5.89. The average molecular weight is 436 g/mol. The number of pyridine rings is 1. The molecule has 0 aliphatic heterocycles. The van der Waals surface area contributed by atoms with E-state index in [4.69, 9.17) is 5.73 Å². The van der Waals surface area contributed by atoms with Gasteiger partial charge in [-0.2, -0.15) is 10.1 Å². The first-order valence-corrected chi connectivity index (χ1v) is 10.5. The molecular formula is C23H26FN7O. The fourth-order valence-electron chi connectivity index (χ4n) is 3.80. The molecule has 3 aromatic heterocycles. The van der Waals surface area contributed by atoms with Gasteiger partial charge in [-0.25, -0.2) is 8.91 Å². The summed E-state index contributed by atoms with van der Waals surface area (Å²) >= 11 is 0. The molecule has 8 nitrogen and oxygen atoms in total. The maximum atomic E-state index is 12.9. The lowest BCUT2D eigenvalue weighted by atomic mass is 9.96. The molecule has 2 unspecified atom stereocenters. The van der Waals surface area contributed by atoms with Gasteiger partial charge < -0.3 is 11.1 Å². The average Bonchev–Trinajstić information content (AvgIpc) is 3.39. The number of amides is 1. The van der Waals surface area contributed by atoms with Crippen molar-refractivity contribution in [2.45, 2.75) is 32.9 Å². The SMILES string of the molecule is CC(CF)NC(=O)c1cc(-c2cnn(C(c3ccccc3)C(C)C)c2)cn2nc(N)nc12. The summed E-state index contributed by atoms with van der Waals surface area (Å²) in [7, 11) is 0. The Morgan fingerprint density at radius 1 is 1.16 bits per heavy atom. The zero-order valence-electron chi connectivity index (χ0n) is 18.2. The Balaban J connectivity index is 1.76. The van der Waals surface area contributed by atoms with E-state index in [1.807, 2.05) is 29.1 Å². The van der Waals surface area contributed by atoms with Crippen molar-refractivity contribution in [2.75, 3.05) is 12.4 Å². The fourth-order valence-corrected chi connectivity index (χ4v) is 3.80. The van der Waals surface area contributed by atoms with Gasteiger partial charge in [0.2, 0.25) is 5.95 Å². The third-order valence-corrected chi connectivity index (χ3v) is 5.30. The van der Waals surface area contributed by atoms with Crippen molar-refractivity contribution in [1.29, 1.82) is 0 Å². The minimum Gasteiger partial charge on any atom is -0.366 e. The third kappa shape index (κ3) is 4.18. The maximum absolute atomic E-state index is 12.9. The molecule has 0 radical (unpaired) electrons. The van der Waals surface area contributed by atoms with Gasteiger partial charge in [-0.1, -0.05) is 44.2 Å². The van der Waals surface area contributed by atoms with E-state index < -0.39 is 18.6 Å². The molecule has 4 aromatic rings. The van der Waals surface area contributed by atoms with Gasteiger partial charge in [0.15, 0.2) is 5.65 Å². The van der Waals surface area contributed by atoms with Gasteiger partial charge >= 0.3 is 0 Å². The first kappa shape index (κ1) is 21.5. The highest BCUT2D eigenvalue weighted by Gasteiger charge is 2.21. The number of hydrogen-bond acceptors (Lipinski definition) is 5. The largest absolute Gasteiger partial charge is 0.366 e. The summed E-state index contributed by atoms with van der Waals surface area (Å²) in [5, 5.41) is 11.4. The van der Waals surface area contributed by atoms with Crippen molar-refractivity contribution in [2.24, 2.45) is 5.92 Å². The quantitative estimate of drug-likeness (QED) is 0.462. The number of nitrogens with zero attached hydrogens (tertiary/aromatic N) is 5. The minimum absolute atomic E-state index is 0.0504. The Morgan fingerprint density at radius 2 is 1.91 bits per heavy atom. The second-order valence-corrected chi connectivity index (χ2v) is 8.22. The van der Waals surface area contributed by atoms with Crippen molar-refractivity contribution >= 4 is 17.5 Å². The number of carbonyl (C=O) groups excluding carboxylic acids is 1. The van der Waals surface area contributed by atoms with Crippen LogP contribution >= 0.6 is 0 Å². The van der Waals surface area contributed by atoms with Gasteiger partial charge in [0, 0.05) is 23.5 Å². The summed E-state index contributed by atoms with van der Waals surface area (Å²) in [4.78, 5) is 16.9. The van der Waals surface area contributed by atoms with E-state index in [2.05, 4.69) is 46.5 Å². The molecule has 1 aromatic carbocycles. The number of rotatable bonds is 7. The summed E-state index contributed by atoms with van der Waals surface area (Å²) < 4.78 is 16.3. The molecular weight excluding hydrogens is 409 g/mol. The zero-order valence-corrected chi connectivity index (χ0v) is 18.2. The van der Waals surface area contributed by atoms with Gasteiger partial charge in [-0.15, -0.1) is 5.10 Å². The Labute approximate surface area is 185 Å². The molecule has 0 spiro atoms. The van der Waals surface area contributed by atoms with E-state index in [1.54, 1.807) is 25.4 Å². The predicted molar refractivity (Wildman–Crippen MR) is 121 cm³/mol. The second kappa shape index (κ2) is 8.78. The molecule has 32 heavy (non-hydrogen) atoms. The van der Waals surface area contributed by atoms with Crippen LogP contribution in [-0.4, -0.2) is 43.0 Å². The lowest BCUT2D eigenvalue weighted by molar-refractivity contribution is 0.0935. The van der Waals surface area contributed by atoms with Gasteiger partial charge in [0.1, 0.15) is 6.67 Å². The highest BCUT2D eigenvalue weighted by atomic mass is 19.1. The molecule has 1 amide bonds. The first-order chi connectivity index (χ1) is 15.4. The van der Waals surface area contributed by atoms with Crippen LogP contribution in [0.2, 0.25) is 0 Å². The predicted octanol–water partition coefficient (Wildman–Crippen LogP) is 3.51. The van der Waals surface area contributed by atoms with Crippen LogP contribution in [-0.2, 0) is 0 Å². The van der Waals surface area contributed by atoms with Crippen molar-refractivity contribution < 1.29 is 9.18 Å². The van der Waals surface area contributed by atoms with Crippen LogP contribution in [0, 0.1) is 5.92 Å². The molecule has 0 aliphatic carbocycles. The molecule has 0 aliphatic rings. The Hall–Kier alpha value is -3.75. The smallest absolute Gasteiger partial charge is 0.255 e. The minimum atomic E-state index is -0.667. The van der Waals surface area contributed by atoms with Crippen molar-refractivity contribution in [3.05, 3.63) is 66.1 Å². The number of halogens is 1. The summed E-state index contributed by atoms with van der Waals surface area (Å²) in [5.74, 6) is -0.0770. The maximum Gasteiger partial charge on any atom is 0.255 e. The van der Waals surface area contributed by atoms with Crippen molar-refractivity contribution in [3.63, 3.8) is 0 Å². The molecule has 3 N–H and O–H groups in total. The lowest BCUT2D eigenvalue weighted by Gasteiger charge is -2.22. The van der Waals surface area contributed by atoms with E-state index in [1.165, 1.54) is 4.52 Å². The summed E-state index contributed by atoms with van der Waals surface area (Å²) in [6.45, 7) is 5.23. The number of alkyl halides is 1. The molecule has 4 rings (SSSR count). The van der Waals surface area contributed by atoms with Crippen LogP contribution in [0.3, 0.4) is 0 Å². The monoisotopic (exact) mass is 435 g/mol. The molecule has 2 atom stereocenters. The Morgan fingerprint density at radius 3 is 2.59 bits per heavy atom. The molecule has 166 valence electrons. The topological polar surface area (TPSA) is 103 Å². The van der Waals surface area contributed by atoms with Crippen LogP contribution in [0.5, 0.6) is 0 Å². The van der Waals surface area contributed by atoms with Gasteiger partial charge in [0.05, 0.1) is 23.8 Å². The normalized spacial score (nSPS) is 13.4. The van der Waals surface area contributed by atoms with E-state index in [9.17, 15) is 9.18 Å². The molecule has 0 fully saturated rings. The standard InChI is InChI=1S/C23H26FN7O/c1-14(2)20(16-7-5-4-6-8-16)30-13-18(11-26-30)17-9-19(22(32)27-15(3)10-24)21-28-23(25)29-31(21)12-17/h4-9,11-15,20H,10H2,1-3H3,(H2,25,29)(H,27,32). The van der Waals surface area contributed by atoms with E-state index in [-0.39, 0.29) is 17.6 Å². The summed E-state index contributed by atoms with van der Waals surface area (Å²) in [6, 6.07) is 11.3. The number of nitrogen functional groups attached to an aromatic ring is 1. The van der Waals surface area contributed by atoms with E-state index in [0.717, 1.165) is 16.7 Å². The van der Waals surface area contributed by atoms with E-state index >= 15 is 0 Å². The number of nitrogens with two attached hydrogens (primary N) is 1. The first-order valence-electron chi connectivity index (χ1n) is 10.5. The number of hydrogen-bond donors (Lipinski definition) is 2. The van der Waals surface area contributed by atoms with Crippen LogP contribution in [0.25, 0.3) is 16.8 Å². The van der Waals surface area contributed by atoms with Crippen molar-refractivity contribution in [1.82, 2.24) is 29.7 Å². The highest BCUT2D eigenvalue weighted by molar-refractivity contribution is 6.01. The van der Waals surface area contributed by atoms with Gasteiger partial charge in [-0.05, 0) is 24.5 Å². The van der Waals surface area contributed by atoms with Gasteiger partial charge in [0.25, 0.3) is 5.91 Å². The highest BCUT2D eigenvalue weighted by Crippen LogP contribution is 2.29. The second-order valence-electron chi connectivity index (χ2n) is 8.22. The summed E-state index contributed by atoms with van der Waals surface area (Å²) in [6.07, 6.45) is 5.46. The third-order valence-electron chi connectivity index (χ3n) is 5.30.